The standard InChI is InChI=1S/C10H20N2O2S/c1-10(2)8-14-7-5-12(10)9(15)11-4-6-13-3/h4-8H2,1-3H3,(H,11,15). The lowest BCUT2D eigenvalue weighted by atomic mass is 10.0. The molecule has 1 N–H and O–H groups in total. The molecule has 0 aliphatic carbocycles. The molecule has 1 fully saturated rings. The van der Waals surface area contributed by atoms with E-state index < -0.39 is 0 Å². The fourth-order valence-electron chi connectivity index (χ4n) is 1.59. The Kier molecular flexibility index (Phi) is 4.76. The number of methoxy groups -OCH3 is 1. The summed E-state index contributed by atoms with van der Waals surface area (Å²) in [4.78, 5) is 2.18. The van der Waals surface area contributed by atoms with Gasteiger partial charge in [-0.1, -0.05) is 0 Å². The molecule has 0 radical (unpaired) electrons. The van der Waals surface area contributed by atoms with E-state index in [1.165, 1.54) is 0 Å². The van der Waals surface area contributed by atoms with Gasteiger partial charge in [-0.2, -0.15) is 0 Å². The first-order valence-electron chi connectivity index (χ1n) is 5.20. The molecule has 15 heavy (non-hydrogen) atoms. The summed E-state index contributed by atoms with van der Waals surface area (Å²) in [5, 5.41) is 3.98. The second-order valence-electron chi connectivity index (χ2n) is 4.24. The Morgan fingerprint density at radius 3 is 2.93 bits per heavy atom. The quantitative estimate of drug-likeness (QED) is 0.570. The molecule has 88 valence electrons. The predicted molar refractivity (Wildman–Crippen MR) is 64.1 cm³/mol. The van der Waals surface area contributed by atoms with E-state index in [4.69, 9.17) is 21.7 Å². The van der Waals surface area contributed by atoms with Gasteiger partial charge >= 0.3 is 0 Å². The van der Waals surface area contributed by atoms with Crippen molar-refractivity contribution in [3.63, 3.8) is 0 Å². The summed E-state index contributed by atoms with van der Waals surface area (Å²) < 4.78 is 10.4. The summed E-state index contributed by atoms with van der Waals surface area (Å²) in [6, 6.07) is 0. The summed E-state index contributed by atoms with van der Waals surface area (Å²) in [5.41, 5.74) is -0.0184. The van der Waals surface area contributed by atoms with Gasteiger partial charge in [0.2, 0.25) is 0 Å². The largest absolute Gasteiger partial charge is 0.383 e. The molecule has 0 aromatic rings. The third-order valence-electron chi connectivity index (χ3n) is 2.47. The molecule has 0 unspecified atom stereocenters. The molecule has 0 aromatic heterocycles. The van der Waals surface area contributed by atoms with Gasteiger partial charge in [-0.05, 0) is 26.1 Å². The van der Waals surface area contributed by atoms with Crippen LogP contribution in [0.15, 0.2) is 0 Å². The zero-order chi connectivity index (χ0) is 11.3. The van der Waals surface area contributed by atoms with E-state index in [0.717, 1.165) is 31.4 Å². The van der Waals surface area contributed by atoms with Crippen molar-refractivity contribution < 1.29 is 9.47 Å². The van der Waals surface area contributed by atoms with E-state index in [2.05, 4.69) is 24.1 Å². The lowest BCUT2D eigenvalue weighted by molar-refractivity contribution is -0.0154. The third kappa shape index (κ3) is 3.59. The van der Waals surface area contributed by atoms with Gasteiger partial charge in [-0.15, -0.1) is 0 Å². The number of nitrogens with zero attached hydrogens (tertiary/aromatic N) is 1. The molecule has 0 bridgehead atoms. The van der Waals surface area contributed by atoms with Crippen molar-refractivity contribution >= 4 is 17.3 Å². The normalized spacial score (nSPS) is 20.1. The second kappa shape index (κ2) is 5.63. The van der Waals surface area contributed by atoms with Crippen molar-refractivity contribution in [2.75, 3.05) is 40.0 Å². The summed E-state index contributed by atoms with van der Waals surface area (Å²) in [6.45, 7) is 8.01. The Bertz CT molecular complexity index is 221. The van der Waals surface area contributed by atoms with Crippen LogP contribution in [0.3, 0.4) is 0 Å². The van der Waals surface area contributed by atoms with Crippen molar-refractivity contribution in [1.29, 1.82) is 0 Å². The van der Waals surface area contributed by atoms with Gasteiger partial charge < -0.3 is 19.7 Å². The van der Waals surface area contributed by atoms with E-state index in [1.807, 2.05) is 0 Å². The van der Waals surface area contributed by atoms with Gasteiger partial charge in [0, 0.05) is 20.2 Å². The average molecular weight is 232 g/mol. The van der Waals surface area contributed by atoms with Crippen molar-refractivity contribution in [2.24, 2.45) is 0 Å². The predicted octanol–water partition coefficient (Wildman–Crippen LogP) is 0.618. The van der Waals surface area contributed by atoms with Crippen LogP contribution in [0.5, 0.6) is 0 Å². The van der Waals surface area contributed by atoms with Crippen LogP contribution in [0.4, 0.5) is 0 Å². The topological polar surface area (TPSA) is 33.7 Å². The van der Waals surface area contributed by atoms with Crippen LogP contribution in [0.2, 0.25) is 0 Å². The maximum atomic E-state index is 5.44. The maximum absolute atomic E-state index is 5.44. The maximum Gasteiger partial charge on any atom is 0.169 e. The number of ether oxygens (including phenoxy) is 2. The fourth-order valence-corrected chi connectivity index (χ4v) is 2.03. The summed E-state index contributed by atoms with van der Waals surface area (Å²) >= 11 is 5.34. The number of hydrogen-bond acceptors (Lipinski definition) is 3. The first-order chi connectivity index (χ1) is 7.08. The van der Waals surface area contributed by atoms with Gasteiger partial charge in [0.05, 0.1) is 25.4 Å². The van der Waals surface area contributed by atoms with Crippen molar-refractivity contribution in [1.82, 2.24) is 10.2 Å². The molecule has 1 rings (SSSR count). The van der Waals surface area contributed by atoms with Crippen molar-refractivity contribution in [2.45, 2.75) is 19.4 Å². The lowest BCUT2D eigenvalue weighted by Crippen LogP contribution is -2.58. The highest BCUT2D eigenvalue weighted by atomic mass is 32.1. The Balaban J connectivity index is 2.42. The van der Waals surface area contributed by atoms with Crippen LogP contribution in [-0.4, -0.2) is 55.6 Å². The van der Waals surface area contributed by atoms with E-state index in [1.54, 1.807) is 7.11 Å². The minimum absolute atomic E-state index is 0.0184. The molecule has 1 saturated heterocycles. The number of thiocarbonyl (C=S) groups is 1. The minimum atomic E-state index is -0.0184. The highest BCUT2D eigenvalue weighted by Gasteiger charge is 2.31. The highest BCUT2D eigenvalue weighted by molar-refractivity contribution is 7.80. The molecule has 4 nitrogen and oxygen atoms in total. The SMILES string of the molecule is COCCNC(=S)N1CCOCC1(C)C. The summed E-state index contributed by atoms with van der Waals surface area (Å²) in [5.74, 6) is 0. The third-order valence-corrected chi connectivity index (χ3v) is 2.84. The molecular weight excluding hydrogens is 212 g/mol. The highest BCUT2D eigenvalue weighted by Crippen LogP contribution is 2.18. The molecular formula is C10H20N2O2S. The molecule has 0 amide bonds. The lowest BCUT2D eigenvalue weighted by Gasteiger charge is -2.43. The van der Waals surface area contributed by atoms with E-state index >= 15 is 0 Å². The van der Waals surface area contributed by atoms with E-state index in [0.29, 0.717) is 6.61 Å². The van der Waals surface area contributed by atoms with Crippen LogP contribution in [0.25, 0.3) is 0 Å². The zero-order valence-corrected chi connectivity index (χ0v) is 10.5. The number of nitrogens with one attached hydrogen (secondary N) is 1. The summed E-state index contributed by atoms with van der Waals surface area (Å²) in [7, 11) is 1.68. The average Bonchev–Trinajstić information content (AvgIpc) is 2.17. The van der Waals surface area contributed by atoms with Gasteiger partial charge in [-0.25, -0.2) is 0 Å². The number of rotatable bonds is 3. The first kappa shape index (κ1) is 12.7. The Hall–Kier alpha value is -0.390. The monoisotopic (exact) mass is 232 g/mol. The number of morpholine rings is 1. The van der Waals surface area contributed by atoms with Gasteiger partial charge in [0.15, 0.2) is 5.11 Å². The Labute approximate surface area is 96.9 Å². The van der Waals surface area contributed by atoms with Gasteiger partial charge in [-0.3, -0.25) is 0 Å². The first-order valence-corrected chi connectivity index (χ1v) is 5.61. The molecule has 1 aliphatic rings. The summed E-state index contributed by atoms with van der Waals surface area (Å²) in [6.07, 6.45) is 0. The fraction of sp³-hybridized carbons (Fsp3) is 0.900. The van der Waals surface area contributed by atoms with Crippen LogP contribution >= 0.6 is 12.2 Å². The Morgan fingerprint density at radius 1 is 1.60 bits per heavy atom. The smallest absolute Gasteiger partial charge is 0.169 e. The molecule has 5 heteroatoms. The van der Waals surface area contributed by atoms with E-state index in [9.17, 15) is 0 Å². The van der Waals surface area contributed by atoms with Crippen LogP contribution in [-0.2, 0) is 9.47 Å². The van der Waals surface area contributed by atoms with Crippen LogP contribution in [0, 0.1) is 0 Å². The van der Waals surface area contributed by atoms with Crippen LogP contribution in [0.1, 0.15) is 13.8 Å². The molecule has 1 aliphatic heterocycles. The molecule has 0 spiro atoms. The van der Waals surface area contributed by atoms with Crippen LogP contribution < -0.4 is 5.32 Å². The minimum Gasteiger partial charge on any atom is -0.383 e. The van der Waals surface area contributed by atoms with Gasteiger partial charge in [0.1, 0.15) is 0 Å². The van der Waals surface area contributed by atoms with Crippen molar-refractivity contribution in [3.8, 4) is 0 Å². The Morgan fingerprint density at radius 2 is 2.33 bits per heavy atom. The number of hydrogen-bond donors (Lipinski definition) is 1. The second-order valence-corrected chi connectivity index (χ2v) is 4.63. The van der Waals surface area contributed by atoms with E-state index in [-0.39, 0.29) is 5.54 Å². The molecule has 0 aromatic carbocycles. The molecule has 1 heterocycles. The van der Waals surface area contributed by atoms with Gasteiger partial charge in [0.25, 0.3) is 0 Å². The van der Waals surface area contributed by atoms with Crippen molar-refractivity contribution in [3.05, 3.63) is 0 Å². The molecule has 0 atom stereocenters. The molecule has 0 saturated carbocycles. The zero-order valence-electron chi connectivity index (χ0n) is 9.71.